The standard InChI is InChI=1S/C18H22N4O4/c1-3-13(19-16(26-2)9-10-17(23)24)18(25)20-15-11-14(21-22-15)12-7-5-4-6-8-12/h4-8,11,13H,3,9-10H2,1-2H3,(H,23,24)(H2,20,21,22,25). The summed E-state index contributed by atoms with van der Waals surface area (Å²) in [5.41, 5.74) is 1.75. The quantitative estimate of drug-likeness (QED) is 0.495. The number of nitrogens with one attached hydrogen (secondary N) is 2. The molecule has 0 aliphatic heterocycles. The van der Waals surface area contributed by atoms with Gasteiger partial charge in [0, 0.05) is 12.5 Å². The van der Waals surface area contributed by atoms with Crippen molar-refractivity contribution in [2.24, 2.45) is 4.99 Å². The Labute approximate surface area is 151 Å². The van der Waals surface area contributed by atoms with Crippen LogP contribution in [0.5, 0.6) is 0 Å². The second-order valence-electron chi connectivity index (χ2n) is 5.57. The number of carbonyl (C=O) groups excluding carboxylic acids is 1. The smallest absolute Gasteiger partial charge is 0.303 e. The molecule has 3 N–H and O–H groups in total. The summed E-state index contributed by atoms with van der Waals surface area (Å²) < 4.78 is 5.08. The van der Waals surface area contributed by atoms with Gasteiger partial charge in [-0.2, -0.15) is 5.10 Å². The molecule has 0 radical (unpaired) electrons. The number of rotatable bonds is 8. The molecule has 0 spiro atoms. The molecular weight excluding hydrogens is 336 g/mol. The van der Waals surface area contributed by atoms with Gasteiger partial charge in [0.15, 0.2) is 11.7 Å². The highest BCUT2D eigenvalue weighted by molar-refractivity contribution is 5.96. The van der Waals surface area contributed by atoms with Gasteiger partial charge in [0.2, 0.25) is 5.91 Å². The van der Waals surface area contributed by atoms with Gasteiger partial charge in [-0.1, -0.05) is 37.3 Å². The van der Waals surface area contributed by atoms with E-state index in [4.69, 9.17) is 9.84 Å². The van der Waals surface area contributed by atoms with E-state index >= 15 is 0 Å². The fourth-order valence-electron chi connectivity index (χ4n) is 2.30. The number of amides is 1. The van der Waals surface area contributed by atoms with Gasteiger partial charge >= 0.3 is 5.97 Å². The fraction of sp³-hybridized carbons (Fsp3) is 0.333. The van der Waals surface area contributed by atoms with Gasteiger partial charge in [-0.05, 0) is 12.0 Å². The zero-order chi connectivity index (χ0) is 18.9. The lowest BCUT2D eigenvalue weighted by Crippen LogP contribution is -2.27. The van der Waals surface area contributed by atoms with Crippen LogP contribution in [-0.2, 0) is 14.3 Å². The van der Waals surface area contributed by atoms with E-state index < -0.39 is 12.0 Å². The SMILES string of the molecule is CCC(N=C(CCC(=O)O)OC)C(=O)Nc1cc(-c2ccccc2)[nH]n1. The van der Waals surface area contributed by atoms with Crippen molar-refractivity contribution in [3.05, 3.63) is 36.4 Å². The Balaban J connectivity index is 2.04. The first kappa shape index (κ1) is 19.2. The number of aliphatic carboxylic acids is 1. The average molecular weight is 358 g/mol. The van der Waals surface area contributed by atoms with E-state index in [9.17, 15) is 9.59 Å². The van der Waals surface area contributed by atoms with Crippen LogP contribution < -0.4 is 5.32 Å². The van der Waals surface area contributed by atoms with E-state index in [1.54, 1.807) is 6.07 Å². The van der Waals surface area contributed by atoms with Gasteiger partial charge in [-0.25, -0.2) is 4.99 Å². The number of aromatic amines is 1. The molecule has 26 heavy (non-hydrogen) atoms. The second-order valence-corrected chi connectivity index (χ2v) is 5.57. The van der Waals surface area contributed by atoms with Gasteiger partial charge in [0.05, 0.1) is 19.2 Å². The van der Waals surface area contributed by atoms with Crippen molar-refractivity contribution in [3.63, 3.8) is 0 Å². The fourth-order valence-corrected chi connectivity index (χ4v) is 2.30. The van der Waals surface area contributed by atoms with Crippen molar-refractivity contribution in [2.45, 2.75) is 32.2 Å². The molecule has 0 aliphatic carbocycles. The number of hydrogen-bond acceptors (Lipinski definition) is 5. The second kappa shape index (κ2) is 9.36. The van der Waals surface area contributed by atoms with E-state index in [-0.39, 0.29) is 24.6 Å². The van der Waals surface area contributed by atoms with E-state index in [2.05, 4.69) is 20.5 Å². The van der Waals surface area contributed by atoms with E-state index in [1.807, 2.05) is 37.3 Å². The number of carboxylic acid groups (broad SMARTS) is 1. The Bertz CT molecular complexity index is 771. The molecule has 1 heterocycles. The summed E-state index contributed by atoms with van der Waals surface area (Å²) in [5.74, 6) is -0.644. The monoisotopic (exact) mass is 358 g/mol. The predicted molar refractivity (Wildman–Crippen MR) is 98.0 cm³/mol. The maximum absolute atomic E-state index is 12.4. The molecule has 0 bridgehead atoms. The molecule has 1 unspecified atom stereocenters. The highest BCUT2D eigenvalue weighted by Gasteiger charge is 2.18. The minimum Gasteiger partial charge on any atom is -0.484 e. The minimum atomic E-state index is -0.947. The maximum atomic E-state index is 12.4. The Morgan fingerprint density at radius 3 is 2.65 bits per heavy atom. The number of hydrogen-bond donors (Lipinski definition) is 3. The van der Waals surface area contributed by atoms with Crippen molar-refractivity contribution in [2.75, 3.05) is 12.4 Å². The van der Waals surface area contributed by atoms with E-state index in [0.717, 1.165) is 11.3 Å². The van der Waals surface area contributed by atoms with Crippen LogP contribution in [0.25, 0.3) is 11.3 Å². The van der Waals surface area contributed by atoms with Crippen LogP contribution in [0.4, 0.5) is 5.82 Å². The molecule has 0 saturated heterocycles. The van der Waals surface area contributed by atoms with Gasteiger partial charge in [-0.15, -0.1) is 0 Å². The highest BCUT2D eigenvalue weighted by Crippen LogP contribution is 2.19. The molecule has 1 amide bonds. The molecule has 1 aromatic heterocycles. The van der Waals surface area contributed by atoms with Gasteiger partial charge in [-0.3, -0.25) is 14.7 Å². The van der Waals surface area contributed by atoms with Crippen LogP contribution in [0.1, 0.15) is 26.2 Å². The Morgan fingerprint density at radius 1 is 1.31 bits per heavy atom. The number of ether oxygens (including phenoxy) is 1. The van der Waals surface area contributed by atoms with E-state index in [1.165, 1.54) is 7.11 Å². The molecule has 2 aromatic rings. The molecule has 8 heteroatoms. The summed E-state index contributed by atoms with van der Waals surface area (Å²) >= 11 is 0. The molecular formula is C18H22N4O4. The van der Waals surface area contributed by atoms with Crippen LogP contribution in [0, 0.1) is 0 Å². The highest BCUT2D eigenvalue weighted by atomic mass is 16.5. The first-order chi connectivity index (χ1) is 12.5. The van der Waals surface area contributed by atoms with E-state index in [0.29, 0.717) is 12.2 Å². The third-order valence-corrected chi connectivity index (χ3v) is 3.69. The molecule has 138 valence electrons. The molecule has 0 aliphatic rings. The van der Waals surface area contributed by atoms with Crippen molar-refractivity contribution < 1.29 is 19.4 Å². The average Bonchev–Trinajstić information content (AvgIpc) is 3.11. The predicted octanol–water partition coefficient (Wildman–Crippen LogP) is 2.70. The number of carbonyl (C=O) groups is 2. The van der Waals surface area contributed by atoms with Gasteiger partial charge in [0.1, 0.15) is 6.04 Å². The summed E-state index contributed by atoms with van der Waals surface area (Å²) in [5, 5.41) is 18.4. The molecule has 1 aromatic carbocycles. The number of aromatic nitrogens is 2. The van der Waals surface area contributed by atoms with Crippen molar-refractivity contribution in [3.8, 4) is 11.3 Å². The first-order valence-electron chi connectivity index (χ1n) is 8.27. The van der Waals surface area contributed by atoms with Crippen molar-refractivity contribution in [1.29, 1.82) is 0 Å². The van der Waals surface area contributed by atoms with Crippen LogP contribution in [-0.4, -0.2) is 46.2 Å². The number of anilines is 1. The third kappa shape index (κ3) is 5.44. The number of carboxylic acids is 1. The number of nitrogens with zero attached hydrogens (tertiary/aromatic N) is 2. The summed E-state index contributed by atoms with van der Waals surface area (Å²) in [6.07, 6.45) is 0.475. The lowest BCUT2D eigenvalue weighted by molar-refractivity contribution is -0.136. The number of aliphatic imine (C=N–C) groups is 1. The van der Waals surface area contributed by atoms with Crippen LogP contribution in [0.2, 0.25) is 0 Å². The largest absolute Gasteiger partial charge is 0.484 e. The summed E-state index contributed by atoms with van der Waals surface area (Å²) in [6.45, 7) is 1.82. The van der Waals surface area contributed by atoms with Crippen molar-refractivity contribution in [1.82, 2.24) is 10.2 Å². The number of methoxy groups -OCH3 is 1. The molecule has 0 fully saturated rings. The maximum Gasteiger partial charge on any atom is 0.303 e. The molecule has 0 saturated carbocycles. The Hall–Kier alpha value is -3.16. The molecule has 8 nitrogen and oxygen atoms in total. The minimum absolute atomic E-state index is 0.107. The Morgan fingerprint density at radius 2 is 2.04 bits per heavy atom. The lowest BCUT2D eigenvalue weighted by Gasteiger charge is -2.12. The lowest BCUT2D eigenvalue weighted by atomic mass is 10.1. The number of H-pyrrole nitrogens is 1. The first-order valence-corrected chi connectivity index (χ1v) is 8.27. The Kier molecular flexibility index (Phi) is 6.90. The topological polar surface area (TPSA) is 117 Å². The number of benzene rings is 1. The zero-order valence-electron chi connectivity index (χ0n) is 14.7. The summed E-state index contributed by atoms with van der Waals surface area (Å²) in [4.78, 5) is 27.3. The molecule has 2 rings (SSSR count). The van der Waals surface area contributed by atoms with Gasteiger partial charge < -0.3 is 15.2 Å². The van der Waals surface area contributed by atoms with Crippen molar-refractivity contribution >= 4 is 23.6 Å². The third-order valence-electron chi connectivity index (χ3n) is 3.69. The summed E-state index contributed by atoms with van der Waals surface area (Å²) in [7, 11) is 1.41. The van der Waals surface area contributed by atoms with Crippen LogP contribution in [0.15, 0.2) is 41.4 Å². The summed E-state index contributed by atoms with van der Waals surface area (Å²) in [6, 6.07) is 10.7. The van der Waals surface area contributed by atoms with Gasteiger partial charge in [0.25, 0.3) is 0 Å². The van der Waals surface area contributed by atoms with Crippen LogP contribution >= 0.6 is 0 Å². The normalized spacial score (nSPS) is 12.5. The molecule has 1 atom stereocenters. The van der Waals surface area contributed by atoms with Crippen LogP contribution in [0.3, 0.4) is 0 Å². The zero-order valence-corrected chi connectivity index (χ0v) is 14.7.